The Labute approximate surface area is 256 Å². The van der Waals surface area contributed by atoms with Crippen LogP contribution in [0.4, 0.5) is 0 Å². The topological polar surface area (TPSA) is 0 Å². The standard InChI is InChI=1S/C32H29Si.3ClH.Ti/c1-24-10-7-15-29(20-24)33(30-16-8-11-25(2)21-30,31-17-9-12-26(3)22-31)32-19-18-28(23-32)27-13-5-4-6-14-27;;;;/h4-23H,1-3H3;3*1H;/q-1;;;;+4/p-3. The Hall–Kier alpha value is -1.97. The molecule has 0 fully saturated rings. The fourth-order valence-electron chi connectivity index (χ4n) is 5.12. The molecule has 5 aromatic carbocycles. The Morgan fingerprint density at radius 1 is 0.486 bits per heavy atom. The zero-order valence-electron chi connectivity index (χ0n) is 21.2. The third-order valence-corrected chi connectivity index (χ3v) is 11.4. The number of rotatable bonds is 5. The summed E-state index contributed by atoms with van der Waals surface area (Å²) in [5, 5.41) is 5.74. The van der Waals surface area contributed by atoms with Gasteiger partial charge in [0, 0.05) is 0 Å². The summed E-state index contributed by atoms with van der Waals surface area (Å²) in [4.78, 5) is 0. The first kappa shape index (κ1) is 33.1. The zero-order chi connectivity index (χ0) is 22.8. The van der Waals surface area contributed by atoms with Crippen molar-refractivity contribution in [3.63, 3.8) is 0 Å². The van der Waals surface area contributed by atoms with Gasteiger partial charge in [-0.2, -0.15) is 17.7 Å². The van der Waals surface area contributed by atoms with E-state index >= 15 is 0 Å². The molecule has 0 aromatic heterocycles. The van der Waals surface area contributed by atoms with Crippen LogP contribution < -0.4 is 58.0 Å². The first-order valence-corrected chi connectivity index (χ1v) is 13.6. The smallest absolute Gasteiger partial charge is 1.00 e. The van der Waals surface area contributed by atoms with Gasteiger partial charge in [-0.15, -0.1) is 5.19 Å². The molecule has 37 heavy (non-hydrogen) atoms. The van der Waals surface area contributed by atoms with Gasteiger partial charge in [0.25, 0.3) is 0 Å². The summed E-state index contributed by atoms with van der Waals surface area (Å²) in [5.74, 6) is 0. The third kappa shape index (κ3) is 6.55. The molecule has 5 aromatic rings. The van der Waals surface area contributed by atoms with E-state index in [1.807, 2.05) is 0 Å². The molecule has 0 N–H and O–H groups in total. The maximum absolute atomic E-state index is 2.51. The van der Waals surface area contributed by atoms with Crippen LogP contribution in [0, 0.1) is 20.8 Å². The Morgan fingerprint density at radius 3 is 1.32 bits per heavy atom. The molecule has 0 radical (unpaired) electrons. The second kappa shape index (κ2) is 14.3. The van der Waals surface area contributed by atoms with Gasteiger partial charge in [0.05, 0.1) is 0 Å². The van der Waals surface area contributed by atoms with Crippen molar-refractivity contribution in [3.05, 3.63) is 138 Å². The number of halogens is 3. The minimum atomic E-state index is -2.51. The first-order chi connectivity index (χ1) is 16.1. The van der Waals surface area contributed by atoms with Crippen LogP contribution in [-0.4, -0.2) is 8.07 Å². The molecule has 0 aliphatic heterocycles. The minimum absolute atomic E-state index is 0. The van der Waals surface area contributed by atoms with E-state index in [-0.39, 0.29) is 58.9 Å². The summed E-state index contributed by atoms with van der Waals surface area (Å²) >= 11 is 0. The van der Waals surface area contributed by atoms with E-state index in [1.165, 1.54) is 48.6 Å². The predicted octanol–water partition coefficient (Wildman–Crippen LogP) is -3.62. The van der Waals surface area contributed by atoms with Crippen molar-refractivity contribution in [1.82, 2.24) is 0 Å². The summed E-state index contributed by atoms with van der Waals surface area (Å²) in [6, 6.07) is 45.4. The Bertz CT molecular complexity index is 1300. The maximum Gasteiger partial charge on any atom is 4.00 e. The molecule has 0 saturated heterocycles. The van der Waals surface area contributed by atoms with E-state index < -0.39 is 8.07 Å². The molecular formula is C32H29Cl3SiTi. The second-order valence-corrected chi connectivity index (χ2v) is 12.9. The van der Waals surface area contributed by atoms with Gasteiger partial charge in [-0.1, -0.05) is 141 Å². The first-order valence-electron chi connectivity index (χ1n) is 11.6. The molecule has 0 heterocycles. The van der Waals surface area contributed by atoms with Crippen LogP contribution in [0.5, 0.6) is 0 Å². The van der Waals surface area contributed by atoms with Crippen LogP contribution in [0.15, 0.2) is 121 Å². The number of hydrogen-bond donors (Lipinski definition) is 0. The van der Waals surface area contributed by atoms with Crippen LogP contribution >= 0.6 is 0 Å². The summed E-state index contributed by atoms with van der Waals surface area (Å²) in [5.41, 5.74) is 6.47. The molecule has 0 bridgehead atoms. The van der Waals surface area contributed by atoms with E-state index in [0.717, 1.165) is 0 Å². The van der Waals surface area contributed by atoms with Crippen molar-refractivity contribution in [3.8, 4) is 11.1 Å². The Kier molecular flexibility index (Phi) is 12.7. The normalized spacial score (nSPS) is 10.2. The van der Waals surface area contributed by atoms with Crippen molar-refractivity contribution in [2.24, 2.45) is 0 Å². The minimum Gasteiger partial charge on any atom is -1.00 e. The van der Waals surface area contributed by atoms with Crippen LogP contribution in [0.25, 0.3) is 11.1 Å². The van der Waals surface area contributed by atoms with Crippen molar-refractivity contribution in [2.45, 2.75) is 20.8 Å². The molecule has 5 heteroatoms. The van der Waals surface area contributed by atoms with E-state index in [4.69, 9.17) is 0 Å². The van der Waals surface area contributed by atoms with Gasteiger partial charge in [-0.05, 0) is 20.8 Å². The molecule has 186 valence electrons. The molecule has 0 aliphatic rings. The Balaban J connectivity index is 0.00000171. The van der Waals surface area contributed by atoms with Gasteiger partial charge >= 0.3 is 21.7 Å². The van der Waals surface area contributed by atoms with Gasteiger partial charge < -0.3 is 37.2 Å². The van der Waals surface area contributed by atoms with E-state index in [1.54, 1.807) is 0 Å². The largest absolute Gasteiger partial charge is 4.00 e. The zero-order valence-corrected chi connectivity index (χ0v) is 26.0. The van der Waals surface area contributed by atoms with Crippen molar-refractivity contribution in [1.29, 1.82) is 0 Å². The summed E-state index contributed by atoms with van der Waals surface area (Å²) in [6.45, 7) is 6.61. The van der Waals surface area contributed by atoms with Crippen molar-refractivity contribution >= 4 is 28.8 Å². The number of aryl methyl sites for hydroxylation is 3. The molecule has 5 rings (SSSR count). The average Bonchev–Trinajstić information content (AvgIpc) is 3.31. The fourth-order valence-corrected chi connectivity index (χ4v) is 10.2. The SMILES string of the molecule is Cc1cccc([Si](c2cccc(C)c2)(c2cccc(C)c2)[c-]2ccc(-c3ccccc3)c2)c1.[Cl-].[Cl-].[Cl-].[Ti+4]. The van der Waals surface area contributed by atoms with Crippen LogP contribution in [0.1, 0.15) is 16.7 Å². The van der Waals surface area contributed by atoms with Crippen LogP contribution in [0.2, 0.25) is 0 Å². The maximum atomic E-state index is 2.44. The molecular weight excluding hydrogens is 567 g/mol. The van der Waals surface area contributed by atoms with Gasteiger partial charge in [0.15, 0.2) is 0 Å². The number of hydrogen-bond acceptors (Lipinski definition) is 0. The summed E-state index contributed by atoms with van der Waals surface area (Å²) < 4.78 is 0. The summed E-state index contributed by atoms with van der Waals surface area (Å²) in [6.07, 6.45) is 0. The average molecular weight is 596 g/mol. The molecule has 0 saturated carbocycles. The second-order valence-electron chi connectivity index (χ2n) is 9.11. The fraction of sp³-hybridized carbons (Fsp3) is 0.0938. The van der Waals surface area contributed by atoms with Gasteiger partial charge in [0.2, 0.25) is 0 Å². The number of benzene rings is 4. The molecule has 0 atom stereocenters. The molecule has 0 nitrogen and oxygen atoms in total. The van der Waals surface area contributed by atoms with Crippen LogP contribution in [-0.2, 0) is 21.7 Å². The van der Waals surface area contributed by atoms with E-state index in [9.17, 15) is 0 Å². The molecule has 0 amide bonds. The van der Waals surface area contributed by atoms with Crippen LogP contribution in [0.3, 0.4) is 0 Å². The molecule has 0 unspecified atom stereocenters. The van der Waals surface area contributed by atoms with Crippen molar-refractivity contribution in [2.75, 3.05) is 0 Å². The van der Waals surface area contributed by atoms with Gasteiger partial charge in [0.1, 0.15) is 8.07 Å². The van der Waals surface area contributed by atoms with Gasteiger partial charge in [-0.3, -0.25) is 0 Å². The predicted molar refractivity (Wildman–Crippen MR) is 145 cm³/mol. The molecule has 0 spiro atoms. The Morgan fingerprint density at radius 2 is 0.919 bits per heavy atom. The third-order valence-electron chi connectivity index (χ3n) is 6.65. The monoisotopic (exact) mass is 594 g/mol. The summed E-state index contributed by atoms with van der Waals surface area (Å²) in [7, 11) is -2.51. The van der Waals surface area contributed by atoms with E-state index in [2.05, 4.69) is 142 Å². The van der Waals surface area contributed by atoms with Crippen molar-refractivity contribution < 1.29 is 58.9 Å². The molecule has 0 aliphatic carbocycles. The van der Waals surface area contributed by atoms with E-state index in [0.29, 0.717) is 0 Å². The quantitative estimate of drug-likeness (QED) is 0.112. The van der Waals surface area contributed by atoms with Gasteiger partial charge in [-0.25, -0.2) is 6.07 Å².